The first kappa shape index (κ1) is 14.4. The highest BCUT2D eigenvalue weighted by molar-refractivity contribution is 5.11. The molecular weight excluding hydrogens is 255 g/mol. The largest absolute Gasteiger partial charge is 0.391 e. The predicted molar refractivity (Wildman–Crippen MR) is 66.3 cm³/mol. The van der Waals surface area contributed by atoms with E-state index in [0.29, 0.717) is 12.8 Å². The number of aryl methyl sites for hydroxylation is 1. The van der Waals surface area contributed by atoms with Crippen molar-refractivity contribution in [1.29, 1.82) is 0 Å². The van der Waals surface area contributed by atoms with Crippen LogP contribution in [0, 0.1) is 11.8 Å². The molecule has 0 aliphatic heterocycles. The Labute approximate surface area is 111 Å². The Morgan fingerprint density at radius 3 is 2.47 bits per heavy atom. The van der Waals surface area contributed by atoms with Crippen molar-refractivity contribution >= 4 is 0 Å². The van der Waals surface area contributed by atoms with Crippen LogP contribution >= 0.6 is 0 Å². The molecule has 6 heteroatoms. The van der Waals surface area contributed by atoms with Gasteiger partial charge in [0.25, 0.3) is 0 Å². The lowest BCUT2D eigenvalue weighted by molar-refractivity contribution is -0.184. The van der Waals surface area contributed by atoms with Gasteiger partial charge in [-0.1, -0.05) is 0 Å². The second-order valence-electron chi connectivity index (χ2n) is 5.31. The zero-order chi connectivity index (χ0) is 14.0. The van der Waals surface area contributed by atoms with Gasteiger partial charge in [0.2, 0.25) is 0 Å². The van der Waals surface area contributed by atoms with Crippen molar-refractivity contribution in [3.05, 3.63) is 18.0 Å². The third kappa shape index (κ3) is 3.29. The lowest BCUT2D eigenvalue weighted by Gasteiger charge is -2.32. The van der Waals surface area contributed by atoms with Crippen LogP contribution in [-0.4, -0.2) is 16.0 Å². The molecule has 3 nitrogen and oxygen atoms in total. The van der Waals surface area contributed by atoms with Gasteiger partial charge in [0.05, 0.1) is 12.1 Å². The number of halogens is 3. The number of alkyl halides is 3. The standard InChI is InChI=1S/C13H20F3N3/c1-2-19-8-10(7-18-19)12(17)9-3-5-11(6-4-9)13(14,15)16/h7-9,11-12H,2-6,17H2,1H3. The Bertz CT molecular complexity index is 406. The third-order valence-corrected chi connectivity index (χ3v) is 4.10. The number of nitrogens with zero attached hydrogens (tertiary/aromatic N) is 2. The Hall–Kier alpha value is -1.04. The summed E-state index contributed by atoms with van der Waals surface area (Å²) in [5, 5.41) is 4.16. The van der Waals surface area contributed by atoms with Crippen molar-refractivity contribution in [2.75, 3.05) is 0 Å². The van der Waals surface area contributed by atoms with Crippen molar-refractivity contribution in [3.8, 4) is 0 Å². The van der Waals surface area contributed by atoms with Crippen LogP contribution < -0.4 is 5.73 Å². The molecule has 1 unspecified atom stereocenters. The number of nitrogens with two attached hydrogens (primary N) is 1. The van der Waals surface area contributed by atoms with Crippen LogP contribution in [0.4, 0.5) is 13.2 Å². The first-order valence-electron chi connectivity index (χ1n) is 6.76. The van der Waals surface area contributed by atoms with Crippen LogP contribution in [0.25, 0.3) is 0 Å². The summed E-state index contributed by atoms with van der Waals surface area (Å²) in [5.41, 5.74) is 7.09. The van der Waals surface area contributed by atoms with Gasteiger partial charge in [0.15, 0.2) is 0 Å². The summed E-state index contributed by atoms with van der Waals surface area (Å²) < 4.78 is 39.6. The predicted octanol–water partition coefficient (Wildman–Crippen LogP) is 3.27. The Balaban J connectivity index is 1.94. The normalized spacial score (nSPS) is 26.4. The number of aromatic nitrogens is 2. The molecule has 0 spiro atoms. The fourth-order valence-electron chi connectivity index (χ4n) is 2.80. The van der Waals surface area contributed by atoms with E-state index in [1.54, 1.807) is 10.9 Å². The zero-order valence-electron chi connectivity index (χ0n) is 11.0. The number of hydrogen-bond acceptors (Lipinski definition) is 2. The van der Waals surface area contributed by atoms with Crippen molar-refractivity contribution < 1.29 is 13.2 Å². The van der Waals surface area contributed by atoms with Crippen molar-refractivity contribution in [3.63, 3.8) is 0 Å². The topological polar surface area (TPSA) is 43.8 Å². The summed E-state index contributed by atoms with van der Waals surface area (Å²) in [6.07, 6.45) is 1.05. The van der Waals surface area contributed by atoms with Crippen LogP contribution in [0.5, 0.6) is 0 Å². The summed E-state index contributed by atoms with van der Waals surface area (Å²) >= 11 is 0. The minimum absolute atomic E-state index is 0.133. The molecule has 1 aliphatic rings. The fraction of sp³-hybridized carbons (Fsp3) is 0.769. The van der Waals surface area contributed by atoms with Gasteiger partial charge in [-0.25, -0.2) is 0 Å². The highest BCUT2D eigenvalue weighted by Gasteiger charge is 2.42. The summed E-state index contributed by atoms with van der Waals surface area (Å²) in [6.45, 7) is 2.75. The van der Waals surface area contributed by atoms with Crippen LogP contribution in [0.2, 0.25) is 0 Å². The maximum absolute atomic E-state index is 12.6. The lowest BCUT2D eigenvalue weighted by Crippen LogP contribution is -2.31. The highest BCUT2D eigenvalue weighted by atomic mass is 19.4. The third-order valence-electron chi connectivity index (χ3n) is 4.10. The second-order valence-corrected chi connectivity index (χ2v) is 5.31. The van der Waals surface area contributed by atoms with Gasteiger partial charge >= 0.3 is 6.18 Å². The van der Waals surface area contributed by atoms with E-state index in [9.17, 15) is 13.2 Å². The summed E-state index contributed by atoms with van der Waals surface area (Å²) in [7, 11) is 0. The number of hydrogen-bond donors (Lipinski definition) is 1. The molecule has 0 amide bonds. The molecule has 0 radical (unpaired) electrons. The Morgan fingerprint density at radius 1 is 1.37 bits per heavy atom. The molecule has 1 fully saturated rings. The zero-order valence-corrected chi connectivity index (χ0v) is 11.0. The van der Waals surface area contributed by atoms with Crippen LogP contribution in [0.3, 0.4) is 0 Å². The summed E-state index contributed by atoms with van der Waals surface area (Å²) in [5.74, 6) is -1.01. The van der Waals surface area contributed by atoms with Gasteiger partial charge in [-0.2, -0.15) is 18.3 Å². The second kappa shape index (κ2) is 5.53. The van der Waals surface area contributed by atoms with E-state index in [-0.39, 0.29) is 24.8 Å². The molecule has 0 saturated heterocycles. The molecule has 1 aromatic rings. The van der Waals surface area contributed by atoms with Gasteiger partial charge in [-0.15, -0.1) is 0 Å². The highest BCUT2D eigenvalue weighted by Crippen LogP contribution is 2.42. The molecule has 1 atom stereocenters. The molecule has 1 aromatic heterocycles. The van der Waals surface area contributed by atoms with E-state index in [1.807, 2.05) is 13.1 Å². The maximum Gasteiger partial charge on any atom is 0.391 e. The molecule has 2 N–H and O–H groups in total. The summed E-state index contributed by atoms with van der Waals surface area (Å²) in [4.78, 5) is 0. The first-order chi connectivity index (χ1) is 8.91. The monoisotopic (exact) mass is 275 g/mol. The SMILES string of the molecule is CCn1cc(C(N)C2CCC(C(F)(F)F)CC2)cn1. The van der Waals surface area contributed by atoms with E-state index < -0.39 is 12.1 Å². The van der Waals surface area contributed by atoms with E-state index in [1.165, 1.54) is 0 Å². The number of rotatable bonds is 3. The van der Waals surface area contributed by atoms with Crippen LogP contribution in [0.15, 0.2) is 12.4 Å². The van der Waals surface area contributed by atoms with Gasteiger partial charge in [-0.3, -0.25) is 4.68 Å². The van der Waals surface area contributed by atoms with Crippen LogP contribution in [0.1, 0.15) is 44.2 Å². The Morgan fingerprint density at radius 2 is 2.00 bits per heavy atom. The van der Waals surface area contributed by atoms with E-state index in [0.717, 1.165) is 12.1 Å². The van der Waals surface area contributed by atoms with Gasteiger partial charge in [0, 0.05) is 24.3 Å². The maximum atomic E-state index is 12.6. The molecule has 1 heterocycles. The van der Waals surface area contributed by atoms with E-state index >= 15 is 0 Å². The smallest absolute Gasteiger partial charge is 0.324 e. The molecule has 1 saturated carbocycles. The minimum atomic E-state index is -4.05. The van der Waals surface area contributed by atoms with Crippen molar-refractivity contribution in [1.82, 2.24) is 9.78 Å². The van der Waals surface area contributed by atoms with Crippen molar-refractivity contribution in [2.45, 2.75) is 51.4 Å². The molecule has 19 heavy (non-hydrogen) atoms. The molecule has 0 bridgehead atoms. The van der Waals surface area contributed by atoms with Crippen molar-refractivity contribution in [2.24, 2.45) is 17.6 Å². The fourth-order valence-corrected chi connectivity index (χ4v) is 2.80. The van der Waals surface area contributed by atoms with E-state index in [4.69, 9.17) is 5.73 Å². The summed E-state index contributed by atoms with van der Waals surface area (Å²) in [6, 6.07) is -0.200. The van der Waals surface area contributed by atoms with Crippen LogP contribution in [-0.2, 0) is 6.54 Å². The van der Waals surface area contributed by atoms with Gasteiger partial charge in [0.1, 0.15) is 0 Å². The average Bonchev–Trinajstić information content (AvgIpc) is 2.86. The molecular formula is C13H20F3N3. The lowest BCUT2D eigenvalue weighted by atomic mass is 9.77. The minimum Gasteiger partial charge on any atom is -0.324 e. The molecule has 2 rings (SSSR count). The first-order valence-corrected chi connectivity index (χ1v) is 6.76. The molecule has 1 aliphatic carbocycles. The quantitative estimate of drug-likeness (QED) is 0.920. The average molecular weight is 275 g/mol. The van der Waals surface area contributed by atoms with Gasteiger partial charge in [-0.05, 0) is 38.5 Å². The molecule has 0 aromatic carbocycles. The van der Waals surface area contributed by atoms with E-state index in [2.05, 4.69) is 5.10 Å². The Kier molecular flexibility index (Phi) is 4.18. The van der Waals surface area contributed by atoms with Gasteiger partial charge < -0.3 is 5.73 Å². The molecule has 108 valence electrons.